The SMILES string of the molecule is CC(=O)CNC(=O)C(CCCCCCC(=O)c1ccccc1)NC(=O)OC(C)(C)C. The predicted molar refractivity (Wildman–Crippen MR) is 115 cm³/mol. The van der Waals surface area contributed by atoms with Crippen LogP contribution in [0.1, 0.15) is 76.6 Å². The number of hydrogen-bond donors (Lipinski definition) is 2. The van der Waals surface area contributed by atoms with Gasteiger partial charge < -0.3 is 15.4 Å². The monoisotopic (exact) mass is 418 g/mol. The van der Waals surface area contributed by atoms with E-state index in [0.29, 0.717) is 19.3 Å². The van der Waals surface area contributed by atoms with Crippen LogP contribution in [-0.2, 0) is 14.3 Å². The van der Waals surface area contributed by atoms with Crippen LogP contribution in [0.15, 0.2) is 30.3 Å². The van der Waals surface area contributed by atoms with Crippen molar-refractivity contribution >= 4 is 23.6 Å². The maximum absolute atomic E-state index is 12.3. The molecule has 1 aromatic rings. The van der Waals surface area contributed by atoms with Crippen molar-refractivity contribution in [1.29, 1.82) is 0 Å². The van der Waals surface area contributed by atoms with Crippen molar-refractivity contribution in [2.45, 2.75) is 77.9 Å². The molecular formula is C23H34N2O5. The summed E-state index contributed by atoms with van der Waals surface area (Å²) in [6.45, 7) is 6.54. The number of amides is 2. The zero-order chi connectivity index (χ0) is 22.6. The van der Waals surface area contributed by atoms with E-state index in [1.807, 2.05) is 30.3 Å². The Kier molecular flexibility index (Phi) is 10.8. The molecule has 2 amide bonds. The molecule has 0 aromatic heterocycles. The van der Waals surface area contributed by atoms with Crippen molar-refractivity contribution in [3.8, 4) is 0 Å². The van der Waals surface area contributed by atoms with Crippen molar-refractivity contribution in [3.63, 3.8) is 0 Å². The third-order valence-electron chi connectivity index (χ3n) is 4.26. The average Bonchev–Trinajstić information content (AvgIpc) is 2.66. The van der Waals surface area contributed by atoms with E-state index in [9.17, 15) is 19.2 Å². The minimum absolute atomic E-state index is 0.0765. The van der Waals surface area contributed by atoms with Gasteiger partial charge in [-0.05, 0) is 40.5 Å². The molecule has 7 heteroatoms. The van der Waals surface area contributed by atoms with Gasteiger partial charge in [0.25, 0.3) is 0 Å². The fourth-order valence-electron chi connectivity index (χ4n) is 2.81. The topological polar surface area (TPSA) is 102 Å². The van der Waals surface area contributed by atoms with E-state index in [4.69, 9.17) is 4.74 Å². The minimum atomic E-state index is -0.773. The lowest BCUT2D eigenvalue weighted by atomic mass is 10.0. The van der Waals surface area contributed by atoms with Crippen LogP contribution in [0.5, 0.6) is 0 Å². The molecule has 1 aromatic carbocycles. The number of Topliss-reactive ketones (excluding diaryl/α,β-unsaturated/α-hetero) is 2. The van der Waals surface area contributed by atoms with Gasteiger partial charge in [-0.1, -0.05) is 49.6 Å². The van der Waals surface area contributed by atoms with Crippen LogP contribution in [0.2, 0.25) is 0 Å². The standard InChI is InChI=1S/C23H34N2O5/c1-17(26)16-24-21(28)19(25-22(29)30-23(2,3)4)14-10-5-6-11-15-20(27)18-12-8-7-9-13-18/h7-9,12-13,19H,5-6,10-11,14-16H2,1-4H3,(H,24,28)(H,25,29). The molecule has 1 unspecified atom stereocenters. The number of carbonyl (C=O) groups is 4. The molecule has 30 heavy (non-hydrogen) atoms. The van der Waals surface area contributed by atoms with E-state index in [-0.39, 0.29) is 18.1 Å². The third-order valence-corrected chi connectivity index (χ3v) is 4.26. The first-order valence-electron chi connectivity index (χ1n) is 10.4. The maximum atomic E-state index is 12.3. The Morgan fingerprint density at radius 1 is 0.967 bits per heavy atom. The summed E-state index contributed by atoms with van der Waals surface area (Å²) in [4.78, 5) is 47.6. The summed E-state index contributed by atoms with van der Waals surface area (Å²) in [5.74, 6) is -0.443. The summed E-state index contributed by atoms with van der Waals surface area (Å²) in [5, 5.41) is 5.12. The molecule has 166 valence electrons. The summed E-state index contributed by atoms with van der Waals surface area (Å²) >= 11 is 0. The maximum Gasteiger partial charge on any atom is 0.408 e. The van der Waals surface area contributed by atoms with Crippen molar-refractivity contribution in [2.24, 2.45) is 0 Å². The summed E-state index contributed by atoms with van der Waals surface area (Å²) < 4.78 is 5.22. The average molecular weight is 419 g/mol. The Labute approximate surface area is 178 Å². The van der Waals surface area contributed by atoms with Crippen LogP contribution in [0.4, 0.5) is 4.79 Å². The number of ketones is 2. The molecule has 0 bridgehead atoms. The van der Waals surface area contributed by atoms with E-state index < -0.39 is 23.6 Å². The van der Waals surface area contributed by atoms with Gasteiger partial charge in [-0.15, -0.1) is 0 Å². The van der Waals surface area contributed by atoms with Crippen LogP contribution in [0.25, 0.3) is 0 Å². The highest BCUT2D eigenvalue weighted by molar-refractivity contribution is 5.95. The Hall–Kier alpha value is -2.70. The van der Waals surface area contributed by atoms with Gasteiger partial charge in [0.2, 0.25) is 5.91 Å². The molecule has 0 fully saturated rings. The van der Waals surface area contributed by atoms with E-state index in [2.05, 4.69) is 10.6 Å². The molecule has 0 aliphatic heterocycles. The second-order valence-electron chi connectivity index (χ2n) is 8.36. The van der Waals surface area contributed by atoms with E-state index in [1.54, 1.807) is 20.8 Å². The molecule has 2 N–H and O–H groups in total. The molecular weight excluding hydrogens is 384 g/mol. The van der Waals surface area contributed by atoms with Gasteiger partial charge in [0.1, 0.15) is 17.4 Å². The number of nitrogens with one attached hydrogen (secondary N) is 2. The Morgan fingerprint density at radius 3 is 2.20 bits per heavy atom. The molecule has 0 spiro atoms. The highest BCUT2D eigenvalue weighted by Crippen LogP contribution is 2.12. The largest absolute Gasteiger partial charge is 0.444 e. The molecule has 0 aliphatic rings. The highest BCUT2D eigenvalue weighted by Gasteiger charge is 2.24. The number of rotatable bonds is 12. The van der Waals surface area contributed by atoms with E-state index in [1.165, 1.54) is 6.92 Å². The van der Waals surface area contributed by atoms with Crippen LogP contribution in [-0.4, -0.2) is 41.8 Å². The summed E-state index contributed by atoms with van der Waals surface area (Å²) in [6.07, 6.45) is 3.40. The Bertz CT molecular complexity index is 710. The predicted octanol–water partition coefficient (Wildman–Crippen LogP) is 3.81. The smallest absolute Gasteiger partial charge is 0.408 e. The number of alkyl carbamates (subject to hydrolysis) is 1. The lowest BCUT2D eigenvalue weighted by molar-refractivity contribution is -0.126. The van der Waals surface area contributed by atoms with Crippen molar-refractivity contribution in [1.82, 2.24) is 10.6 Å². The first-order valence-corrected chi connectivity index (χ1v) is 10.4. The fourth-order valence-corrected chi connectivity index (χ4v) is 2.81. The van der Waals surface area contributed by atoms with Crippen molar-refractivity contribution in [2.75, 3.05) is 6.54 Å². The number of benzene rings is 1. The van der Waals surface area contributed by atoms with Gasteiger partial charge in [0, 0.05) is 12.0 Å². The second-order valence-corrected chi connectivity index (χ2v) is 8.36. The molecule has 0 aliphatic carbocycles. The Balaban J connectivity index is 2.42. The third kappa shape index (κ3) is 11.3. The lowest BCUT2D eigenvalue weighted by Crippen LogP contribution is -2.49. The number of ether oxygens (including phenoxy) is 1. The van der Waals surface area contributed by atoms with Crippen LogP contribution in [0, 0.1) is 0 Å². The molecule has 1 rings (SSSR count). The first-order chi connectivity index (χ1) is 14.1. The van der Waals surface area contributed by atoms with Crippen molar-refractivity contribution < 1.29 is 23.9 Å². The van der Waals surface area contributed by atoms with Gasteiger partial charge in [0.05, 0.1) is 6.54 Å². The summed E-state index contributed by atoms with van der Waals surface area (Å²) in [6, 6.07) is 8.43. The Morgan fingerprint density at radius 2 is 1.60 bits per heavy atom. The highest BCUT2D eigenvalue weighted by atomic mass is 16.6. The normalized spacial score (nSPS) is 12.0. The minimum Gasteiger partial charge on any atom is -0.444 e. The molecule has 1 atom stereocenters. The summed E-state index contributed by atoms with van der Waals surface area (Å²) in [5.41, 5.74) is 0.0525. The molecule has 0 saturated heterocycles. The quantitative estimate of drug-likeness (QED) is 0.397. The lowest BCUT2D eigenvalue weighted by Gasteiger charge is -2.23. The second kappa shape index (κ2) is 12.8. The van der Waals surface area contributed by atoms with E-state index in [0.717, 1.165) is 24.8 Å². The van der Waals surface area contributed by atoms with E-state index >= 15 is 0 Å². The molecule has 0 heterocycles. The van der Waals surface area contributed by atoms with Crippen LogP contribution < -0.4 is 10.6 Å². The van der Waals surface area contributed by atoms with Gasteiger partial charge in [-0.25, -0.2) is 4.79 Å². The van der Waals surface area contributed by atoms with Crippen LogP contribution in [0.3, 0.4) is 0 Å². The van der Waals surface area contributed by atoms with Gasteiger partial charge in [-0.2, -0.15) is 0 Å². The molecule has 0 radical (unpaired) electrons. The zero-order valence-electron chi connectivity index (χ0n) is 18.5. The van der Waals surface area contributed by atoms with Gasteiger partial charge >= 0.3 is 6.09 Å². The molecule has 7 nitrogen and oxygen atoms in total. The van der Waals surface area contributed by atoms with Gasteiger partial charge in [-0.3, -0.25) is 14.4 Å². The van der Waals surface area contributed by atoms with Gasteiger partial charge in [0.15, 0.2) is 5.78 Å². The number of hydrogen-bond acceptors (Lipinski definition) is 5. The van der Waals surface area contributed by atoms with Crippen LogP contribution >= 0.6 is 0 Å². The fraction of sp³-hybridized carbons (Fsp3) is 0.565. The number of unbranched alkanes of at least 4 members (excludes halogenated alkanes) is 3. The first kappa shape index (κ1) is 25.3. The zero-order valence-corrected chi connectivity index (χ0v) is 18.5. The summed E-state index contributed by atoms with van der Waals surface area (Å²) in [7, 11) is 0. The van der Waals surface area contributed by atoms with Crippen molar-refractivity contribution in [3.05, 3.63) is 35.9 Å². The number of carbonyl (C=O) groups excluding carboxylic acids is 4. The molecule has 0 saturated carbocycles.